The van der Waals surface area contributed by atoms with Crippen LogP contribution in [0.25, 0.3) is 34.2 Å². The predicted molar refractivity (Wildman–Crippen MR) is 140 cm³/mol. The van der Waals surface area contributed by atoms with Crippen LogP contribution in [0.3, 0.4) is 0 Å². The summed E-state index contributed by atoms with van der Waals surface area (Å²) >= 11 is 0. The lowest BCUT2D eigenvalue weighted by atomic mass is 10.1. The Bertz CT molecular complexity index is 1480. The van der Waals surface area contributed by atoms with Gasteiger partial charge in [0.25, 0.3) is 0 Å². The molecule has 1 aromatic carbocycles. The zero-order valence-corrected chi connectivity index (χ0v) is 21.7. The Morgan fingerprint density at radius 3 is 2.52 bits per heavy atom. The van der Waals surface area contributed by atoms with Gasteiger partial charge in [-0.2, -0.15) is 13.2 Å². The van der Waals surface area contributed by atoms with Crippen molar-refractivity contribution in [3.05, 3.63) is 54.4 Å². The summed E-state index contributed by atoms with van der Waals surface area (Å²) in [6, 6.07) is 7.41. The minimum atomic E-state index is -4.48. The topological polar surface area (TPSA) is 150 Å². The number of aromatic nitrogens is 4. The molecule has 0 saturated carbocycles. The molecule has 210 valence electrons. The van der Waals surface area contributed by atoms with Gasteiger partial charge < -0.3 is 30.3 Å². The molecular weight excluding hydrogens is 531 g/mol. The van der Waals surface area contributed by atoms with E-state index in [4.69, 9.17) is 19.6 Å². The molecule has 40 heavy (non-hydrogen) atoms. The number of ether oxygens (including phenoxy) is 2. The Kier molecular flexibility index (Phi) is 8.48. The molecule has 0 radical (unpaired) electrons. The number of hydrogen-bond donors (Lipinski definition) is 3. The minimum absolute atomic E-state index is 0.0589. The van der Waals surface area contributed by atoms with Crippen LogP contribution in [-0.4, -0.2) is 59.3 Å². The molecule has 0 aliphatic rings. The lowest BCUT2D eigenvalue weighted by molar-refractivity contribution is -0.137. The van der Waals surface area contributed by atoms with Crippen molar-refractivity contribution >= 4 is 17.7 Å². The molecule has 0 saturated heterocycles. The average molecular weight is 558 g/mol. The van der Waals surface area contributed by atoms with Gasteiger partial charge in [0, 0.05) is 43.2 Å². The molecule has 1 atom stereocenters. The van der Waals surface area contributed by atoms with Gasteiger partial charge in [-0.25, -0.2) is 19.9 Å². The van der Waals surface area contributed by atoms with Crippen LogP contribution in [0.4, 0.5) is 24.9 Å². The monoisotopic (exact) mass is 557 g/mol. The third-order valence-corrected chi connectivity index (χ3v) is 5.60. The van der Waals surface area contributed by atoms with Crippen LogP contribution in [0, 0.1) is 0 Å². The van der Waals surface area contributed by atoms with Gasteiger partial charge >= 0.3 is 6.18 Å². The van der Waals surface area contributed by atoms with E-state index in [1.165, 1.54) is 38.7 Å². The molecule has 0 aliphatic heterocycles. The normalized spacial score (nSPS) is 12.2. The maximum absolute atomic E-state index is 13.1. The number of alkyl halides is 3. The number of nitrogens with one attached hydrogen (secondary N) is 2. The Labute approximate surface area is 227 Å². The number of anilines is 2. The van der Waals surface area contributed by atoms with Crippen LogP contribution in [0.15, 0.2) is 53.2 Å². The summed E-state index contributed by atoms with van der Waals surface area (Å²) in [6.45, 7) is 2.06. The second kappa shape index (κ2) is 12.0. The van der Waals surface area contributed by atoms with E-state index in [1.54, 1.807) is 19.1 Å². The second-order valence-electron chi connectivity index (χ2n) is 8.63. The quantitative estimate of drug-likeness (QED) is 0.261. The molecule has 0 fully saturated rings. The molecule has 4 aromatic rings. The third kappa shape index (κ3) is 6.64. The van der Waals surface area contributed by atoms with E-state index >= 15 is 0 Å². The van der Waals surface area contributed by atoms with E-state index < -0.39 is 11.7 Å². The minimum Gasteiger partial charge on any atom is -0.493 e. The van der Waals surface area contributed by atoms with Crippen LogP contribution >= 0.6 is 0 Å². The number of carbonyl (C=O) groups excluding carboxylic acids is 1. The van der Waals surface area contributed by atoms with E-state index in [-0.39, 0.29) is 42.0 Å². The number of halogens is 3. The number of benzene rings is 1. The van der Waals surface area contributed by atoms with Gasteiger partial charge in [-0.15, -0.1) is 0 Å². The Balaban J connectivity index is 1.69. The smallest absolute Gasteiger partial charge is 0.416 e. The molecule has 0 unspecified atom stereocenters. The highest BCUT2D eigenvalue weighted by Gasteiger charge is 2.30. The first-order chi connectivity index (χ1) is 19.1. The molecular formula is C26H26F3N7O4. The first kappa shape index (κ1) is 28.3. The van der Waals surface area contributed by atoms with Crippen LogP contribution < -0.4 is 21.1 Å². The van der Waals surface area contributed by atoms with Gasteiger partial charge in [0.1, 0.15) is 18.0 Å². The molecule has 14 heteroatoms. The van der Waals surface area contributed by atoms with E-state index in [0.717, 1.165) is 12.1 Å². The molecule has 3 aromatic heterocycles. The molecule has 4 rings (SSSR count). The predicted octanol–water partition coefficient (Wildman–Crippen LogP) is 4.03. The zero-order valence-electron chi connectivity index (χ0n) is 21.7. The van der Waals surface area contributed by atoms with Crippen LogP contribution in [0.1, 0.15) is 12.5 Å². The summed E-state index contributed by atoms with van der Waals surface area (Å²) in [6.07, 6.45) is -1.50. The van der Waals surface area contributed by atoms with Crippen LogP contribution in [-0.2, 0) is 15.7 Å². The van der Waals surface area contributed by atoms with Gasteiger partial charge in [0.15, 0.2) is 17.3 Å². The summed E-state index contributed by atoms with van der Waals surface area (Å²) < 4.78 is 55.4. The van der Waals surface area contributed by atoms with Crippen molar-refractivity contribution in [2.75, 3.05) is 38.4 Å². The Morgan fingerprint density at radius 1 is 1.10 bits per heavy atom. The number of nitrogens with two attached hydrogens (primary N) is 1. The fourth-order valence-electron chi connectivity index (χ4n) is 3.68. The maximum Gasteiger partial charge on any atom is 0.416 e. The number of oxazole rings is 1. The molecule has 1 amide bonds. The number of nitrogen functional groups attached to an aromatic ring is 1. The SMILES string of the molecule is COCC(=O)N[C@@H](C)CNc1nccc(-c2oc(-c3ccc(C(F)(F)F)cc3)nc2-c2cnc(N)c(OC)c2)n1. The third-order valence-electron chi connectivity index (χ3n) is 5.60. The largest absolute Gasteiger partial charge is 0.493 e. The first-order valence-corrected chi connectivity index (χ1v) is 11.9. The van der Waals surface area contributed by atoms with E-state index in [1.807, 2.05) is 0 Å². The summed E-state index contributed by atoms with van der Waals surface area (Å²) in [5.41, 5.74) is 6.52. The van der Waals surface area contributed by atoms with E-state index in [0.29, 0.717) is 34.8 Å². The number of nitrogens with zero attached hydrogens (tertiary/aromatic N) is 4. The van der Waals surface area contributed by atoms with Gasteiger partial charge in [-0.3, -0.25) is 4.79 Å². The number of carbonyl (C=O) groups is 1. The highest BCUT2D eigenvalue weighted by molar-refractivity contribution is 5.79. The molecule has 3 heterocycles. The van der Waals surface area contributed by atoms with Gasteiger partial charge in [0.05, 0.1) is 12.7 Å². The van der Waals surface area contributed by atoms with Gasteiger partial charge in [0.2, 0.25) is 17.7 Å². The lowest BCUT2D eigenvalue weighted by Crippen LogP contribution is -2.39. The van der Waals surface area contributed by atoms with Crippen molar-refractivity contribution in [2.24, 2.45) is 0 Å². The van der Waals surface area contributed by atoms with Crippen molar-refractivity contribution in [3.63, 3.8) is 0 Å². The number of pyridine rings is 1. The first-order valence-electron chi connectivity index (χ1n) is 11.9. The average Bonchev–Trinajstić information content (AvgIpc) is 3.38. The summed E-state index contributed by atoms with van der Waals surface area (Å²) in [7, 11) is 2.87. The van der Waals surface area contributed by atoms with Crippen molar-refractivity contribution < 1.29 is 31.9 Å². The number of amides is 1. The Hall–Kier alpha value is -4.72. The molecule has 0 spiro atoms. The van der Waals surface area contributed by atoms with Crippen molar-refractivity contribution in [1.82, 2.24) is 25.3 Å². The fourth-order valence-corrected chi connectivity index (χ4v) is 3.68. The standard InChI is InChI=1S/C26H26F3N7O4/c1-14(34-20(37)13-38-2)11-33-25-31-9-8-18(35-25)22-21(16-10-19(39-3)23(30)32-12-16)36-24(40-22)15-4-6-17(7-5-15)26(27,28)29/h4-10,12,14H,11,13H2,1-3H3,(H2,30,32)(H,34,37)(H,31,33,35)/t14-/m0/s1. The highest BCUT2D eigenvalue weighted by Crippen LogP contribution is 2.38. The maximum atomic E-state index is 13.1. The Morgan fingerprint density at radius 2 is 1.85 bits per heavy atom. The van der Waals surface area contributed by atoms with Gasteiger partial charge in [-0.1, -0.05) is 0 Å². The second-order valence-corrected chi connectivity index (χ2v) is 8.63. The van der Waals surface area contributed by atoms with E-state index in [2.05, 4.69) is 30.6 Å². The number of hydrogen-bond acceptors (Lipinski definition) is 10. The lowest BCUT2D eigenvalue weighted by Gasteiger charge is -2.14. The molecule has 0 bridgehead atoms. The van der Waals surface area contributed by atoms with Crippen LogP contribution in [0.5, 0.6) is 5.75 Å². The zero-order chi connectivity index (χ0) is 28.9. The highest BCUT2D eigenvalue weighted by atomic mass is 19.4. The summed E-state index contributed by atoms with van der Waals surface area (Å²) in [5, 5.41) is 5.82. The fraction of sp³-hybridized carbons (Fsp3) is 0.269. The van der Waals surface area contributed by atoms with Crippen molar-refractivity contribution in [1.29, 1.82) is 0 Å². The summed E-state index contributed by atoms with van der Waals surface area (Å²) in [4.78, 5) is 29.2. The van der Waals surface area contributed by atoms with Crippen LogP contribution in [0.2, 0.25) is 0 Å². The van der Waals surface area contributed by atoms with E-state index in [9.17, 15) is 18.0 Å². The summed E-state index contributed by atoms with van der Waals surface area (Å²) in [5.74, 6) is 0.738. The van der Waals surface area contributed by atoms with Crippen molar-refractivity contribution in [2.45, 2.75) is 19.1 Å². The number of methoxy groups -OCH3 is 2. The molecule has 4 N–H and O–H groups in total. The molecule has 0 aliphatic carbocycles. The van der Waals surface area contributed by atoms with Crippen molar-refractivity contribution in [3.8, 4) is 39.9 Å². The van der Waals surface area contributed by atoms with Gasteiger partial charge in [-0.05, 0) is 43.3 Å². The molecule has 11 nitrogen and oxygen atoms in total. The number of rotatable bonds is 10.